The quantitative estimate of drug-likeness (QED) is 0.512. The highest BCUT2D eigenvalue weighted by atomic mass is 79.9. The second kappa shape index (κ2) is 10.5. The summed E-state index contributed by atoms with van der Waals surface area (Å²) in [6, 6.07) is 12.5. The summed E-state index contributed by atoms with van der Waals surface area (Å²) in [6.45, 7) is 6.97. The van der Waals surface area contributed by atoms with Gasteiger partial charge in [0, 0.05) is 41.2 Å². The summed E-state index contributed by atoms with van der Waals surface area (Å²) in [5.41, 5.74) is 3.74. The van der Waals surface area contributed by atoms with Crippen molar-refractivity contribution in [1.82, 2.24) is 10.6 Å². The standard InChI is InChI=1S/C22H28BrClN2O/c1-2-3-4-16-7-17(11-25-12-18-13-26-14-18)9-21(8-16)27-15-19-5-6-20(24)10-22(19)23/h5-10,18,25-26H,2-4,11-15H2,1H3. The molecule has 0 amide bonds. The minimum absolute atomic E-state index is 0.523. The summed E-state index contributed by atoms with van der Waals surface area (Å²) in [5, 5.41) is 7.63. The van der Waals surface area contributed by atoms with Crippen LogP contribution in [0.25, 0.3) is 0 Å². The third kappa shape index (κ3) is 6.49. The SMILES string of the molecule is CCCCc1cc(CNCC2CNC2)cc(OCc2ccc(Cl)cc2Br)c1. The summed E-state index contributed by atoms with van der Waals surface area (Å²) >= 11 is 9.59. The molecular formula is C22H28BrClN2O. The first-order valence-corrected chi connectivity index (χ1v) is 10.9. The van der Waals surface area contributed by atoms with Crippen LogP contribution in [0.2, 0.25) is 5.02 Å². The van der Waals surface area contributed by atoms with E-state index in [-0.39, 0.29) is 0 Å². The third-order valence-electron chi connectivity index (χ3n) is 4.88. The van der Waals surface area contributed by atoms with Gasteiger partial charge in [-0.05, 0) is 54.2 Å². The Hall–Kier alpha value is -1.07. The number of nitrogens with one attached hydrogen (secondary N) is 2. The van der Waals surface area contributed by atoms with E-state index < -0.39 is 0 Å². The maximum atomic E-state index is 6.12. The predicted molar refractivity (Wildman–Crippen MR) is 117 cm³/mol. The fraction of sp³-hybridized carbons (Fsp3) is 0.455. The topological polar surface area (TPSA) is 33.3 Å². The number of ether oxygens (including phenoxy) is 1. The zero-order chi connectivity index (χ0) is 19.1. The molecule has 1 heterocycles. The van der Waals surface area contributed by atoms with Gasteiger partial charge in [-0.3, -0.25) is 0 Å². The molecule has 2 N–H and O–H groups in total. The van der Waals surface area contributed by atoms with Gasteiger partial charge in [0.2, 0.25) is 0 Å². The average molecular weight is 452 g/mol. The molecule has 1 aliphatic heterocycles. The molecule has 0 spiro atoms. The van der Waals surface area contributed by atoms with Crippen LogP contribution in [0.5, 0.6) is 5.75 Å². The second-order valence-corrected chi connectivity index (χ2v) is 8.56. The number of unbranched alkanes of at least 4 members (excludes halogenated alkanes) is 1. The lowest BCUT2D eigenvalue weighted by Crippen LogP contribution is -2.47. The van der Waals surface area contributed by atoms with Gasteiger partial charge < -0.3 is 15.4 Å². The molecule has 2 aromatic carbocycles. The number of hydrogen-bond acceptors (Lipinski definition) is 3. The number of rotatable bonds is 10. The van der Waals surface area contributed by atoms with Crippen LogP contribution in [0.1, 0.15) is 36.5 Å². The molecule has 1 aliphatic rings. The van der Waals surface area contributed by atoms with Gasteiger partial charge in [-0.1, -0.05) is 53.0 Å². The molecule has 0 atom stereocenters. The predicted octanol–water partition coefficient (Wildman–Crippen LogP) is 5.33. The van der Waals surface area contributed by atoms with Crippen LogP contribution in [-0.2, 0) is 19.6 Å². The van der Waals surface area contributed by atoms with Crippen LogP contribution in [0.3, 0.4) is 0 Å². The van der Waals surface area contributed by atoms with Crippen LogP contribution in [0.15, 0.2) is 40.9 Å². The van der Waals surface area contributed by atoms with Crippen molar-refractivity contribution < 1.29 is 4.74 Å². The zero-order valence-electron chi connectivity index (χ0n) is 15.9. The zero-order valence-corrected chi connectivity index (χ0v) is 18.2. The molecule has 146 valence electrons. The second-order valence-electron chi connectivity index (χ2n) is 7.27. The molecular weight excluding hydrogens is 424 g/mol. The molecule has 0 aromatic heterocycles. The monoisotopic (exact) mass is 450 g/mol. The molecule has 27 heavy (non-hydrogen) atoms. The molecule has 5 heteroatoms. The van der Waals surface area contributed by atoms with Crippen molar-refractivity contribution >= 4 is 27.5 Å². The molecule has 1 saturated heterocycles. The van der Waals surface area contributed by atoms with Gasteiger partial charge >= 0.3 is 0 Å². The molecule has 0 radical (unpaired) electrons. The van der Waals surface area contributed by atoms with Crippen molar-refractivity contribution in [3.8, 4) is 5.75 Å². The van der Waals surface area contributed by atoms with Gasteiger partial charge in [-0.15, -0.1) is 0 Å². The fourth-order valence-electron chi connectivity index (χ4n) is 3.15. The van der Waals surface area contributed by atoms with Crippen molar-refractivity contribution in [2.75, 3.05) is 19.6 Å². The largest absolute Gasteiger partial charge is 0.489 e. The van der Waals surface area contributed by atoms with Crippen molar-refractivity contribution in [2.24, 2.45) is 5.92 Å². The highest BCUT2D eigenvalue weighted by Gasteiger charge is 2.15. The smallest absolute Gasteiger partial charge is 0.120 e. The van der Waals surface area contributed by atoms with Crippen LogP contribution >= 0.6 is 27.5 Å². The van der Waals surface area contributed by atoms with Gasteiger partial charge in [-0.2, -0.15) is 0 Å². The Morgan fingerprint density at radius 3 is 2.70 bits per heavy atom. The lowest BCUT2D eigenvalue weighted by molar-refractivity contribution is 0.304. The first kappa shape index (κ1) is 20.7. The Labute approximate surface area is 176 Å². The minimum atomic E-state index is 0.523. The van der Waals surface area contributed by atoms with E-state index in [1.54, 1.807) is 0 Å². The van der Waals surface area contributed by atoms with E-state index in [4.69, 9.17) is 16.3 Å². The van der Waals surface area contributed by atoms with Gasteiger partial charge in [0.05, 0.1) is 0 Å². The van der Waals surface area contributed by atoms with E-state index in [1.807, 2.05) is 18.2 Å². The first-order valence-electron chi connectivity index (χ1n) is 9.75. The molecule has 0 aliphatic carbocycles. The molecule has 1 fully saturated rings. The molecule has 3 rings (SSSR count). The first-order chi connectivity index (χ1) is 13.1. The van der Waals surface area contributed by atoms with Crippen molar-refractivity contribution in [1.29, 1.82) is 0 Å². The Kier molecular flexibility index (Phi) is 8.01. The molecule has 3 nitrogen and oxygen atoms in total. The maximum Gasteiger partial charge on any atom is 0.120 e. The van der Waals surface area contributed by atoms with Crippen LogP contribution in [0.4, 0.5) is 0 Å². The Morgan fingerprint density at radius 1 is 1.19 bits per heavy atom. The van der Waals surface area contributed by atoms with E-state index in [2.05, 4.69) is 51.7 Å². The maximum absolute atomic E-state index is 6.12. The number of aryl methyl sites for hydroxylation is 1. The summed E-state index contributed by atoms with van der Waals surface area (Å²) in [7, 11) is 0. The summed E-state index contributed by atoms with van der Waals surface area (Å²) in [4.78, 5) is 0. The number of hydrogen-bond donors (Lipinski definition) is 2. The van der Waals surface area contributed by atoms with Crippen LogP contribution < -0.4 is 15.4 Å². The molecule has 0 saturated carbocycles. The average Bonchev–Trinajstić information content (AvgIpc) is 2.61. The molecule has 2 aromatic rings. The van der Waals surface area contributed by atoms with E-state index in [0.717, 1.165) is 59.3 Å². The van der Waals surface area contributed by atoms with E-state index in [1.165, 1.54) is 24.0 Å². The minimum Gasteiger partial charge on any atom is -0.489 e. The van der Waals surface area contributed by atoms with Gasteiger partial charge in [0.1, 0.15) is 12.4 Å². The Morgan fingerprint density at radius 2 is 2.00 bits per heavy atom. The Bertz CT molecular complexity index is 749. The molecule has 0 unspecified atom stereocenters. The van der Waals surface area contributed by atoms with Crippen molar-refractivity contribution in [3.63, 3.8) is 0 Å². The molecule has 0 bridgehead atoms. The fourth-order valence-corrected chi connectivity index (χ4v) is 3.95. The van der Waals surface area contributed by atoms with Crippen molar-refractivity contribution in [2.45, 2.75) is 39.3 Å². The normalized spacial score (nSPS) is 14.2. The van der Waals surface area contributed by atoms with Gasteiger partial charge in [0.15, 0.2) is 0 Å². The lowest BCUT2D eigenvalue weighted by Gasteiger charge is -2.27. The number of halogens is 2. The van der Waals surface area contributed by atoms with E-state index in [9.17, 15) is 0 Å². The van der Waals surface area contributed by atoms with E-state index >= 15 is 0 Å². The Balaban J connectivity index is 1.64. The third-order valence-corrected chi connectivity index (χ3v) is 5.86. The lowest BCUT2D eigenvalue weighted by atomic mass is 10.0. The van der Waals surface area contributed by atoms with Crippen LogP contribution in [0, 0.1) is 5.92 Å². The summed E-state index contributed by atoms with van der Waals surface area (Å²) < 4.78 is 7.10. The highest BCUT2D eigenvalue weighted by Crippen LogP contribution is 2.25. The van der Waals surface area contributed by atoms with Crippen LogP contribution in [-0.4, -0.2) is 19.6 Å². The van der Waals surface area contributed by atoms with E-state index in [0.29, 0.717) is 6.61 Å². The van der Waals surface area contributed by atoms with Crippen molar-refractivity contribution in [3.05, 3.63) is 62.6 Å². The highest BCUT2D eigenvalue weighted by molar-refractivity contribution is 9.10. The summed E-state index contributed by atoms with van der Waals surface area (Å²) in [5.74, 6) is 1.71. The van der Waals surface area contributed by atoms with Gasteiger partial charge in [-0.25, -0.2) is 0 Å². The summed E-state index contributed by atoms with van der Waals surface area (Å²) in [6.07, 6.45) is 3.50. The van der Waals surface area contributed by atoms with Gasteiger partial charge in [0.25, 0.3) is 0 Å². The number of benzene rings is 2.